The molecule has 11 nitrogen and oxygen atoms in total. The zero-order valence-electron chi connectivity index (χ0n) is 16.0. The number of hydrogen-bond donors (Lipinski definition) is 1. The van der Waals surface area contributed by atoms with Gasteiger partial charge in [0.05, 0.1) is 21.6 Å². The second kappa shape index (κ2) is 9.26. The molecule has 29 heavy (non-hydrogen) atoms. The van der Waals surface area contributed by atoms with Crippen LogP contribution in [0.2, 0.25) is 0 Å². The van der Waals surface area contributed by atoms with Crippen molar-refractivity contribution >= 4 is 28.7 Å². The van der Waals surface area contributed by atoms with Crippen molar-refractivity contribution in [2.45, 2.75) is 6.92 Å². The molecule has 0 fully saturated rings. The zero-order chi connectivity index (χ0) is 21.6. The van der Waals surface area contributed by atoms with Crippen LogP contribution < -0.4 is 10.2 Å². The maximum absolute atomic E-state index is 11.5. The summed E-state index contributed by atoms with van der Waals surface area (Å²) in [6, 6.07) is 10.0. The van der Waals surface area contributed by atoms with Gasteiger partial charge in [-0.25, -0.2) is 0 Å². The first-order valence-corrected chi connectivity index (χ1v) is 8.35. The van der Waals surface area contributed by atoms with E-state index >= 15 is 0 Å². The molecule has 0 spiro atoms. The van der Waals surface area contributed by atoms with Gasteiger partial charge in [-0.2, -0.15) is 5.10 Å². The van der Waals surface area contributed by atoms with Crippen LogP contribution in [0.15, 0.2) is 47.6 Å². The number of nitrogens with one attached hydrogen (secondary N) is 1. The lowest BCUT2D eigenvalue weighted by Gasteiger charge is -2.11. The predicted molar refractivity (Wildman–Crippen MR) is 106 cm³/mol. The highest BCUT2D eigenvalue weighted by Crippen LogP contribution is 2.29. The van der Waals surface area contributed by atoms with Crippen molar-refractivity contribution in [2.24, 2.45) is 5.10 Å². The van der Waals surface area contributed by atoms with Gasteiger partial charge in [0.25, 0.3) is 11.6 Å². The number of amides is 1. The molecule has 11 heteroatoms. The number of nitro groups is 2. The van der Waals surface area contributed by atoms with Crippen LogP contribution in [0, 0.1) is 20.2 Å². The van der Waals surface area contributed by atoms with Crippen LogP contribution in [0.1, 0.15) is 12.5 Å². The summed E-state index contributed by atoms with van der Waals surface area (Å²) in [6.07, 6.45) is 0. The average Bonchev–Trinajstić information content (AvgIpc) is 2.70. The second-order valence-corrected chi connectivity index (χ2v) is 6.13. The van der Waals surface area contributed by atoms with E-state index in [9.17, 15) is 25.0 Å². The topological polar surface area (TPSA) is 140 Å². The van der Waals surface area contributed by atoms with Crippen LogP contribution in [0.5, 0.6) is 5.75 Å². The number of nitro benzene ring substituents is 2. The first-order valence-electron chi connectivity index (χ1n) is 8.35. The molecule has 0 heterocycles. The number of likely N-dealkylation sites (N-methyl/N-ethyl adjacent to an activating group) is 1. The molecule has 2 rings (SSSR count). The van der Waals surface area contributed by atoms with Gasteiger partial charge >= 0.3 is 5.69 Å². The van der Waals surface area contributed by atoms with E-state index in [2.05, 4.69) is 10.5 Å². The van der Waals surface area contributed by atoms with E-state index in [1.807, 2.05) is 0 Å². The molecule has 0 aliphatic heterocycles. The van der Waals surface area contributed by atoms with Crippen molar-refractivity contribution in [1.82, 2.24) is 4.90 Å². The maximum Gasteiger partial charge on any atom is 0.301 e. The third-order valence-electron chi connectivity index (χ3n) is 3.87. The van der Waals surface area contributed by atoms with Gasteiger partial charge in [-0.15, -0.1) is 0 Å². The lowest BCUT2D eigenvalue weighted by molar-refractivity contribution is -0.393. The van der Waals surface area contributed by atoms with Gasteiger partial charge in [-0.1, -0.05) is 0 Å². The third-order valence-corrected chi connectivity index (χ3v) is 3.87. The Labute approximate surface area is 165 Å². The van der Waals surface area contributed by atoms with E-state index in [1.165, 1.54) is 11.0 Å². The van der Waals surface area contributed by atoms with E-state index in [-0.39, 0.29) is 23.9 Å². The molecule has 152 valence electrons. The maximum atomic E-state index is 11.5. The summed E-state index contributed by atoms with van der Waals surface area (Å²) in [6.45, 7) is 1.61. The van der Waals surface area contributed by atoms with Crippen molar-refractivity contribution in [3.63, 3.8) is 0 Å². The molecule has 0 aliphatic rings. The van der Waals surface area contributed by atoms with Crippen molar-refractivity contribution in [2.75, 3.05) is 26.1 Å². The highest BCUT2D eigenvalue weighted by atomic mass is 16.6. The molecule has 0 atom stereocenters. The van der Waals surface area contributed by atoms with Crippen LogP contribution in [-0.2, 0) is 4.79 Å². The van der Waals surface area contributed by atoms with Gasteiger partial charge in [0.1, 0.15) is 11.4 Å². The van der Waals surface area contributed by atoms with E-state index < -0.39 is 15.5 Å². The number of rotatable bonds is 8. The van der Waals surface area contributed by atoms with E-state index in [0.717, 1.165) is 12.1 Å². The Bertz CT molecular complexity index is 956. The first-order chi connectivity index (χ1) is 13.7. The number of benzene rings is 2. The number of hydrogen-bond acceptors (Lipinski definition) is 8. The van der Waals surface area contributed by atoms with Crippen molar-refractivity contribution in [3.05, 3.63) is 68.3 Å². The number of non-ortho nitro benzene ring substituents is 1. The molecule has 0 aromatic heterocycles. The van der Waals surface area contributed by atoms with Crippen molar-refractivity contribution in [1.29, 1.82) is 0 Å². The molecule has 0 aliphatic carbocycles. The predicted octanol–water partition coefficient (Wildman–Crippen LogP) is 2.81. The Hall–Kier alpha value is -4.02. The normalized spacial score (nSPS) is 10.9. The number of carbonyl (C=O) groups is 1. The lowest BCUT2D eigenvalue weighted by atomic mass is 10.1. The summed E-state index contributed by atoms with van der Waals surface area (Å²) in [5.41, 5.74) is 3.00. The number of ether oxygens (including phenoxy) is 1. The molecule has 1 amide bonds. The minimum Gasteiger partial charge on any atom is -0.484 e. The Balaban J connectivity index is 2.11. The molecular formula is C18H19N5O6. The van der Waals surface area contributed by atoms with E-state index in [0.29, 0.717) is 17.0 Å². The van der Waals surface area contributed by atoms with E-state index in [1.54, 1.807) is 45.3 Å². The molecule has 0 saturated heterocycles. The van der Waals surface area contributed by atoms with Crippen molar-refractivity contribution in [3.8, 4) is 5.75 Å². The largest absolute Gasteiger partial charge is 0.484 e. The minimum atomic E-state index is -0.721. The fourth-order valence-electron chi connectivity index (χ4n) is 2.15. The third kappa shape index (κ3) is 5.73. The van der Waals surface area contributed by atoms with Crippen LogP contribution in [0.4, 0.5) is 17.1 Å². The van der Waals surface area contributed by atoms with Crippen LogP contribution in [0.3, 0.4) is 0 Å². The summed E-state index contributed by atoms with van der Waals surface area (Å²) in [4.78, 5) is 33.5. The summed E-state index contributed by atoms with van der Waals surface area (Å²) in [5, 5.41) is 26.0. The molecule has 0 unspecified atom stereocenters. The number of nitrogens with zero attached hydrogens (tertiary/aromatic N) is 4. The number of carbonyl (C=O) groups excluding carboxylic acids is 1. The van der Waals surface area contributed by atoms with Crippen molar-refractivity contribution < 1.29 is 19.4 Å². The second-order valence-electron chi connectivity index (χ2n) is 6.13. The van der Waals surface area contributed by atoms with Gasteiger partial charge in [0.2, 0.25) is 0 Å². The van der Waals surface area contributed by atoms with Gasteiger partial charge in [0, 0.05) is 20.2 Å². The standard InChI is InChI=1S/C18H19N5O6/c1-12(13-4-7-15(8-5-13)29-11-18(24)21(2)3)19-20-16-9-6-14(22(25)26)10-17(16)23(27)28/h4-10,20H,11H2,1-3H3/b19-12+. The molecule has 1 N–H and O–H groups in total. The summed E-state index contributed by atoms with van der Waals surface area (Å²) >= 11 is 0. The van der Waals surface area contributed by atoms with Gasteiger partial charge < -0.3 is 9.64 Å². The SMILES string of the molecule is C/C(=N\Nc1ccc([N+](=O)[O-])cc1[N+](=O)[O-])c1ccc(OCC(=O)N(C)C)cc1. The Morgan fingerprint density at radius 2 is 1.76 bits per heavy atom. The van der Waals surface area contributed by atoms with Crippen LogP contribution in [0.25, 0.3) is 0 Å². The van der Waals surface area contributed by atoms with Crippen LogP contribution >= 0.6 is 0 Å². The fourth-order valence-corrected chi connectivity index (χ4v) is 2.15. The lowest BCUT2D eigenvalue weighted by Crippen LogP contribution is -2.27. The summed E-state index contributed by atoms with van der Waals surface area (Å²) in [5.74, 6) is 0.344. The molecule has 2 aromatic rings. The highest BCUT2D eigenvalue weighted by Gasteiger charge is 2.19. The van der Waals surface area contributed by atoms with E-state index in [4.69, 9.17) is 4.74 Å². The minimum absolute atomic E-state index is 0.0297. The fraction of sp³-hybridized carbons (Fsp3) is 0.222. The molecule has 0 radical (unpaired) electrons. The average molecular weight is 401 g/mol. The molecular weight excluding hydrogens is 382 g/mol. The molecule has 0 saturated carbocycles. The molecule has 0 bridgehead atoms. The summed E-state index contributed by atoms with van der Waals surface area (Å²) < 4.78 is 5.39. The van der Waals surface area contributed by atoms with Gasteiger partial charge in [0.15, 0.2) is 6.61 Å². The number of hydrazone groups is 1. The first kappa shape index (κ1) is 21.3. The Morgan fingerprint density at radius 1 is 1.10 bits per heavy atom. The van der Waals surface area contributed by atoms with Crippen LogP contribution in [-0.4, -0.2) is 47.1 Å². The highest BCUT2D eigenvalue weighted by molar-refractivity contribution is 5.99. The smallest absolute Gasteiger partial charge is 0.301 e. The Morgan fingerprint density at radius 3 is 2.31 bits per heavy atom. The zero-order valence-corrected chi connectivity index (χ0v) is 16.0. The monoisotopic (exact) mass is 401 g/mol. The van der Waals surface area contributed by atoms with Gasteiger partial charge in [-0.3, -0.25) is 30.4 Å². The quantitative estimate of drug-likeness (QED) is 0.407. The Kier molecular flexibility index (Phi) is 6.80. The molecule has 2 aromatic carbocycles. The number of anilines is 1. The summed E-state index contributed by atoms with van der Waals surface area (Å²) in [7, 11) is 3.27. The van der Waals surface area contributed by atoms with Gasteiger partial charge in [-0.05, 0) is 42.8 Å².